The fraction of sp³-hybridized carbons (Fsp3) is 0.588. The Hall–Kier alpha value is -1.39. The Balaban J connectivity index is 0.00000625. The lowest BCUT2D eigenvalue weighted by Gasteiger charge is -2.16. The van der Waals surface area contributed by atoms with E-state index in [1.54, 1.807) is 12.1 Å². The Morgan fingerprint density at radius 3 is 2.46 bits per heavy atom. The third-order valence-electron chi connectivity index (χ3n) is 3.38. The molecule has 0 bridgehead atoms. The van der Waals surface area contributed by atoms with Crippen molar-refractivity contribution in [2.75, 3.05) is 20.3 Å². The van der Waals surface area contributed by atoms with Gasteiger partial charge in [-0.15, -0.1) is 24.0 Å². The molecular formula is C17H27F3IN3O2. The van der Waals surface area contributed by atoms with Gasteiger partial charge in [0.1, 0.15) is 0 Å². The van der Waals surface area contributed by atoms with E-state index in [0.717, 1.165) is 18.5 Å². The maximum atomic E-state index is 12.3. The molecule has 0 heterocycles. The van der Waals surface area contributed by atoms with E-state index in [9.17, 15) is 13.2 Å². The molecule has 0 saturated heterocycles. The number of ether oxygens (including phenoxy) is 2. The molecule has 5 nitrogen and oxygen atoms in total. The van der Waals surface area contributed by atoms with Gasteiger partial charge >= 0.3 is 6.18 Å². The zero-order chi connectivity index (χ0) is 18.9. The molecule has 1 aromatic carbocycles. The highest BCUT2D eigenvalue weighted by atomic mass is 127. The summed E-state index contributed by atoms with van der Waals surface area (Å²) in [6, 6.07) is 5.04. The maximum absolute atomic E-state index is 12.3. The van der Waals surface area contributed by atoms with Crippen LogP contribution in [0.1, 0.15) is 32.8 Å². The van der Waals surface area contributed by atoms with Gasteiger partial charge in [-0.05, 0) is 38.0 Å². The van der Waals surface area contributed by atoms with Crippen LogP contribution in [0.3, 0.4) is 0 Å². The maximum Gasteiger partial charge on any atom is 0.422 e. The summed E-state index contributed by atoms with van der Waals surface area (Å²) < 4.78 is 46.7. The van der Waals surface area contributed by atoms with Gasteiger partial charge in [0.15, 0.2) is 24.1 Å². The molecule has 0 saturated carbocycles. The summed E-state index contributed by atoms with van der Waals surface area (Å²) >= 11 is 0. The highest BCUT2D eigenvalue weighted by Gasteiger charge is 2.29. The van der Waals surface area contributed by atoms with Gasteiger partial charge in [0.2, 0.25) is 0 Å². The predicted molar refractivity (Wildman–Crippen MR) is 108 cm³/mol. The fourth-order valence-corrected chi connectivity index (χ4v) is 1.91. The van der Waals surface area contributed by atoms with Crippen molar-refractivity contribution in [1.29, 1.82) is 0 Å². The standard InChI is InChI=1S/C17H26F3N3O2.HI/c1-5-12(3)23-16(21-6-2)22-10-13-7-8-14(15(9-13)24-4)25-11-17(18,19)20;/h7-9,12H,5-6,10-11H2,1-4H3,(H2,21,22,23);1H. The van der Waals surface area contributed by atoms with Gasteiger partial charge in [-0.3, -0.25) is 0 Å². The first-order valence-corrected chi connectivity index (χ1v) is 8.20. The van der Waals surface area contributed by atoms with Crippen molar-refractivity contribution in [3.63, 3.8) is 0 Å². The van der Waals surface area contributed by atoms with E-state index >= 15 is 0 Å². The summed E-state index contributed by atoms with van der Waals surface area (Å²) in [6.45, 7) is 5.85. The summed E-state index contributed by atoms with van der Waals surface area (Å²) in [5, 5.41) is 6.43. The minimum Gasteiger partial charge on any atom is -0.493 e. The van der Waals surface area contributed by atoms with E-state index in [4.69, 9.17) is 9.47 Å². The molecule has 1 atom stereocenters. The SMILES string of the molecule is CCNC(=NCc1ccc(OCC(F)(F)F)c(OC)c1)NC(C)CC.I. The predicted octanol–water partition coefficient (Wildman–Crippen LogP) is 4.11. The Morgan fingerprint density at radius 1 is 1.23 bits per heavy atom. The largest absolute Gasteiger partial charge is 0.493 e. The number of alkyl halides is 3. The van der Waals surface area contributed by atoms with E-state index in [-0.39, 0.29) is 41.5 Å². The number of nitrogens with zero attached hydrogens (tertiary/aromatic N) is 1. The second-order valence-corrected chi connectivity index (χ2v) is 5.54. The van der Waals surface area contributed by atoms with Crippen LogP contribution >= 0.6 is 24.0 Å². The Kier molecular flexibility index (Phi) is 11.4. The number of halogens is 4. The van der Waals surface area contributed by atoms with E-state index < -0.39 is 12.8 Å². The lowest BCUT2D eigenvalue weighted by Crippen LogP contribution is -2.41. The van der Waals surface area contributed by atoms with Crippen molar-refractivity contribution in [1.82, 2.24) is 10.6 Å². The van der Waals surface area contributed by atoms with Crippen LogP contribution in [0.2, 0.25) is 0 Å². The number of hydrogen-bond acceptors (Lipinski definition) is 3. The molecule has 150 valence electrons. The van der Waals surface area contributed by atoms with Crippen LogP contribution in [0.5, 0.6) is 11.5 Å². The molecule has 0 aromatic heterocycles. The fourth-order valence-electron chi connectivity index (χ4n) is 1.91. The number of guanidine groups is 1. The van der Waals surface area contributed by atoms with Crippen LogP contribution in [-0.4, -0.2) is 38.4 Å². The van der Waals surface area contributed by atoms with Crippen molar-refractivity contribution < 1.29 is 22.6 Å². The minimum atomic E-state index is -4.39. The monoisotopic (exact) mass is 489 g/mol. The van der Waals surface area contributed by atoms with Gasteiger partial charge in [-0.1, -0.05) is 13.0 Å². The Bertz CT molecular complexity index is 569. The quantitative estimate of drug-likeness (QED) is 0.328. The minimum absolute atomic E-state index is 0. The summed E-state index contributed by atoms with van der Waals surface area (Å²) in [5.74, 6) is 0.988. The van der Waals surface area contributed by atoms with Crippen LogP contribution in [0.25, 0.3) is 0 Å². The van der Waals surface area contributed by atoms with Crippen LogP contribution in [0.15, 0.2) is 23.2 Å². The first-order chi connectivity index (χ1) is 11.8. The highest BCUT2D eigenvalue weighted by Crippen LogP contribution is 2.30. The van der Waals surface area contributed by atoms with Gasteiger partial charge in [0.25, 0.3) is 0 Å². The van der Waals surface area contributed by atoms with Crippen molar-refractivity contribution in [2.24, 2.45) is 4.99 Å². The van der Waals surface area contributed by atoms with E-state index in [2.05, 4.69) is 29.5 Å². The van der Waals surface area contributed by atoms with Crippen LogP contribution in [0.4, 0.5) is 13.2 Å². The van der Waals surface area contributed by atoms with Gasteiger partial charge in [0, 0.05) is 12.6 Å². The Morgan fingerprint density at radius 2 is 1.92 bits per heavy atom. The van der Waals surface area contributed by atoms with Gasteiger partial charge in [-0.25, -0.2) is 4.99 Å². The molecule has 0 spiro atoms. The molecule has 0 radical (unpaired) electrons. The molecule has 26 heavy (non-hydrogen) atoms. The third kappa shape index (κ3) is 9.35. The second-order valence-electron chi connectivity index (χ2n) is 5.54. The molecule has 2 N–H and O–H groups in total. The average Bonchev–Trinajstić information content (AvgIpc) is 2.57. The molecule has 0 amide bonds. The molecule has 0 aliphatic carbocycles. The lowest BCUT2D eigenvalue weighted by molar-refractivity contribution is -0.153. The molecular weight excluding hydrogens is 462 g/mol. The number of nitrogens with one attached hydrogen (secondary N) is 2. The van der Waals surface area contributed by atoms with Crippen molar-refractivity contribution in [3.05, 3.63) is 23.8 Å². The van der Waals surface area contributed by atoms with Crippen LogP contribution in [-0.2, 0) is 6.54 Å². The van der Waals surface area contributed by atoms with Gasteiger partial charge < -0.3 is 20.1 Å². The molecule has 1 aromatic rings. The van der Waals surface area contributed by atoms with Crippen molar-refractivity contribution >= 4 is 29.9 Å². The van der Waals surface area contributed by atoms with Crippen molar-refractivity contribution in [3.8, 4) is 11.5 Å². The average molecular weight is 489 g/mol. The normalized spacial score (nSPS) is 12.8. The molecule has 0 fully saturated rings. The number of methoxy groups -OCH3 is 1. The zero-order valence-electron chi connectivity index (χ0n) is 15.4. The molecule has 1 unspecified atom stereocenters. The van der Waals surface area contributed by atoms with E-state index in [0.29, 0.717) is 12.5 Å². The Labute approximate surface area is 169 Å². The van der Waals surface area contributed by atoms with Crippen LogP contribution in [0, 0.1) is 0 Å². The molecule has 0 aliphatic heterocycles. The smallest absolute Gasteiger partial charge is 0.422 e. The number of aliphatic imine (C=N–C) groups is 1. The van der Waals surface area contributed by atoms with Gasteiger partial charge in [0.05, 0.1) is 13.7 Å². The first-order valence-electron chi connectivity index (χ1n) is 8.20. The zero-order valence-corrected chi connectivity index (χ0v) is 17.8. The van der Waals surface area contributed by atoms with Gasteiger partial charge in [-0.2, -0.15) is 13.2 Å². The molecule has 9 heteroatoms. The highest BCUT2D eigenvalue weighted by molar-refractivity contribution is 14.0. The van der Waals surface area contributed by atoms with E-state index in [1.165, 1.54) is 13.2 Å². The second kappa shape index (κ2) is 12.1. The lowest BCUT2D eigenvalue weighted by atomic mass is 10.2. The topological polar surface area (TPSA) is 54.9 Å². The number of rotatable bonds is 8. The van der Waals surface area contributed by atoms with E-state index in [1.807, 2.05) is 6.92 Å². The number of hydrogen-bond donors (Lipinski definition) is 2. The third-order valence-corrected chi connectivity index (χ3v) is 3.38. The summed E-state index contributed by atoms with van der Waals surface area (Å²) in [5.41, 5.74) is 0.803. The molecule has 0 aliphatic rings. The first kappa shape index (κ1) is 24.6. The molecule has 1 rings (SSSR count). The van der Waals surface area contributed by atoms with Crippen LogP contribution < -0.4 is 20.1 Å². The summed E-state index contributed by atoms with van der Waals surface area (Å²) in [6.07, 6.45) is -3.43. The summed E-state index contributed by atoms with van der Waals surface area (Å²) in [7, 11) is 1.39. The van der Waals surface area contributed by atoms with Crippen molar-refractivity contribution in [2.45, 2.75) is 46.0 Å². The summed E-state index contributed by atoms with van der Waals surface area (Å²) in [4.78, 5) is 4.48. The number of benzene rings is 1.